The predicted octanol–water partition coefficient (Wildman–Crippen LogP) is 3.15. The number of rotatable bonds is 9. The molecule has 0 aliphatic carbocycles. The molecule has 0 aliphatic rings. The van der Waals surface area contributed by atoms with Crippen LogP contribution in [0, 0.1) is 5.41 Å². The number of benzene rings is 1. The summed E-state index contributed by atoms with van der Waals surface area (Å²) in [6, 6.07) is 8.32. The molecule has 1 rings (SSSR count). The van der Waals surface area contributed by atoms with E-state index in [1.165, 1.54) is 12.0 Å². The Kier molecular flexibility index (Phi) is 7.03. The molecular formula is C17H30N2O. The van der Waals surface area contributed by atoms with Gasteiger partial charge in [-0.3, -0.25) is 0 Å². The van der Waals surface area contributed by atoms with E-state index in [9.17, 15) is 0 Å². The van der Waals surface area contributed by atoms with Crippen LogP contribution in [-0.2, 0) is 6.54 Å². The normalized spacial score (nSPS) is 11.9. The fraction of sp³-hybridized carbons (Fsp3) is 0.647. The Morgan fingerprint density at radius 1 is 1.20 bits per heavy atom. The lowest BCUT2D eigenvalue weighted by molar-refractivity contribution is 0.199. The predicted molar refractivity (Wildman–Crippen MR) is 86.3 cm³/mol. The van der Waals surface area contributed by atoms with Crippen molar-refractivity contribution in [3.05, 3.63) is 29.8 Å². The van der Waals surface area contributed by atoms with Crippen LogP contribution in [0.4, 0.5) is 0 Å². The third kappa shape index (κ3) is 6.40. The standard InChI is InChI=1S/C17H30N2O/c1-6-11-18-13-17(2,3)14-19(4)12-15-7-9-16(20-5)10-8-15/h7-10,18H,6,11-14H2,1-5H3. The molecule has 0 radical (unpaired) electrons. The smallest absolute Gasteiger partial charge is 0.118 e. The molecule has 0 fully saturated rings. The van der Waals surface area contributed by atoms with Gasteiger partial charge in [0.05, 0.1) is 7.11 Å². The van der Waals surface area contributed by atoms with Crippen LogP contribution in [0.25, 0.3) is 0 Å². The Morgan fingerprint density at radius 2 is 1.85 bits per heavy atom. The van der Waals surface area contributed by atoms with Gasteiger partial charge >= 0.3 is 0 Å². The molecule has 0 spiro atoms. The zero-order chi connectivity index (χ0) is 15.0. The van der Waals surface area contributed by atoms with Crippen molar-refractivity contribution in [1.82, 2.24) is 10.2 Å². The number of hydrogen-bond donors (Lipinski definition) is 1. The van der Waals surface area contributed by atoms with E-state index < -0.39 is 0 Å². The molecule has 0 bridgehead atoms. The first-order chi connectivity index (χ1) is 9.46. The van der Waals surface area contributed by atoms with Crippen molar-refractivity contribution in [2.24, 2.45) is 5.41 Å². The van der Waals surface area contributed by atoms with E-state index >= 15 is 0 Å². The first-order valence-electron chi connectivity index (χ1n) is 7.49. The second-order valence-electron chi connectivity index (χ2n) is 6.36. The van der Waals surface area contributed by atoms with Crippen molar-refractivity contribution in [2.75, 3.05) is 33.8 Å². The molecule has 0 amide bonds. The summed E-state index contributed by atoms with van der Waals surface area (Å²) in [6.45, 7) is 11.1. The average Bonchev–Trinajstić information content (AvgIpc) is 2.39. The largest absolute Gasteiger partial charge is 0.497 e. The molecule has 20 heavy (non-hydrogen) atoms. The van der Waals surface area contributed by atoms with Crippen LogP contribution >= 0.6 is 0 Å². The minimum atomic E-state index is 0.288. The van der Waals surface area contributed by atoms with Crippen LogP contribution in [0.15, 0.2) is 24.3 Å². The van der Waals surface area contributed by atoms with Gasteiger partial charge < -0.3 is 15.0 Å². The van der Waals surface area contributed by atoms with Crippen LogP contribution in [-0.4, -0.2) is 38.7 Å². The number of methoxy groups -OCH3 is 1. The maximum absolute atomic E-state index is 5.19. The van der Waals surface area contributed by atoms with Crippen LogP contribution in [0.5, 0.6) is 5.75 Å². The Morgan fingerprint density at radius 3 is 2.40 bits per heavy atom. The third-order valence-electron chi connectivity index (χ3n) is 3.34. The Bertz CT molecular complexity index is 373. The zero-order valence-electron chi connectivity index (χ0n) is 13.7. The van der Waals surface area contributed by atoms with E-state index in [1.807, 2.05) is 12.1 Å². The molecule has 3 heteroatoms. The molecule has 0 atom stereocenters. The van der Waals surface area contributed by atoms with Gasteiger partial charge in [0.15, 0.2) is 0 Å². The van der Waals surface area contributed by atoms with Crippen LogP contribution in [0.2, 0.25) is 0 Å². The molecule has 0 heterocycles. The lowest BCUT2D eigenvalue weighted by Crippen LogP contribution is -2.39. The molecule has 0 aromatic heterocycles. The molecule has 0 saturated heterocycles. The molecule has 0 unspecified atom stereocenters. The van der Waals surface area contributed by atoms with E-state index in [1.54, 1.807) is 7.11 Å². The van der Waals surface area contributed by atoms with Gasteiger partial charge in [-0.25, -0.2) is 0 Å². The number of nitrogens with zero attached hydrogens (tertiary/aromatic N) is 1. The molecule has 1 aromatic carbocycles. The van der Waals surface area contributed by atoms with Crippen molar-refractivity contribution in [3.8, 4) is 5.75 Å². The van der Waals surface area contributed by atoms with Gasteiger partial charge in [0.2, 0.25) is 0 Å². The quantitative estimate of drug-likeness (QED) is 0.702. The van der Waals surface area contributed by atoms with E-state index in [-0.39, 0.29) is 5.41 Å². The fourth-order valence-corrected chi connectivity index (χ4v) is 2.49. The van der Waals surface area contributed by atoms with Crippen molar-refractivity contribution in [3.63, 3.8) is 0 Å². The Balaban J connectivity index is 2.42. The van der Waals surface area contributed by atoms with E-state index in [0.717, 1.165) is 31.9 Å². The molecule has 1 aromatic rings. The molecule has 0 saturated carbocycles. The summed E-state index contributed by atoms with van der Waals surface area (Å²) in [5.41, 5.74) is 1.61. The van der Waals surface area contributed by atoms with Gasteiger partial charge in [0, 0.05) is 19.6 Å². The third-order valence-corrected chi connectivity index (χ3v) is 3.34. The Hall–Kier alpha value is -1.06. The minimum Gasteiger partial charge on any atom is -0.497 e. The summed E-state index contributed by atoms with van der Waals surface area (Å²) in [5.74, 6) is 0.917. The van der Waals surface area contributed by atoms with Crippen molar-refractivity contribution in [2.45, 2.75) is 33.7 Å². The van der Waals surface area contributed by atoms with Crippen molar-refractivity contribution in [1.29, 1.82) is 0 Å². The lowest BCUT2D eigenvalue weighted by Gasteiger charge is -2.30. The van der Waals surface area contributed by atoms with E-state index in [4.69, 9.17) is 4.74 Å². The average molecular weight is 278 g/mol. The first kappa shape index (κ1) is 17.0. The van der Waals surface area contributed by atoms with Gasteiger partial charge in [-0.15, -0.1) is 0 Å². The number of ether oxygens (including phenoxy) is 1. The van der Waals surface area contributed by atoms with Crippen LogP contribution in [0.3, 0.4) is 0 Å². The van der Waals surface area contributed by atoms with Crippen molar-refractivity contribution >= 4 is 0 Å². The van der Waals surface area contributed by atoms with E-state index in [2.05, 4.69) is 50.2 Å². The summed E-state index contributed by atoms with van der Waals surface area (Å²) in [6.07, 6.45) is 1.19. The maximum atomic E-state index is 5.19. The highest BCUT2D eigenvalue weighted by molar-refractivity contribution is 5.27. The molecular weight excluding hydrogens is 248 g/mol. The highest BCUT2D eigenvalue weighted by atomic mass is 16.5. The second-order valence-corrected chi connectivity index (χ2v) is 6.36. The van der Waals surface area contributed by atoms with Gasteiger partial charge in [0.1, 0.15) is 5.75 Å². The maximum Gasteiger partial charge on any atom is 0.118 e. The summed E-state index contributed by atoms with van der Waals surface area (Å²) >= 11 is 0. The summed E-state index contributed by atoms with van der Waals surface area (Å²) in [7, 11) is 3.89. The summed E-state index contributed by atoms with van der Waals surface area (Å²) in [4.78, 5) is 2.38. The van der Waals surface area contributed by atoms with Crippen LogP contribution < -0.4 is 10.1 Å². The molecule has 114 valence electrons. The molecule has 3 nitrogen and oxygen atoms in total. The summed E-state index contributed by atoms with van der Waals surface area (Å²) < 4.78 is 5.19. The van der Waals surface area contributed by atoms with E-state index in [0.29, 0.717) is 0 Å². The topological polar surface area (TPSA) is 24.5 Å². The number of hydrogen-bond acceptors (Lipinski definition) is 3. The first-order valence-corrected chi connectivity index (χ1v) is 7.49. The second kappa shape index (κ2) is 8.28. The lowest BCUT2D eigenvalue weighted by atomic mass is 9.92. The van der Waals surface area contributed by atoms with Crippen molar-refractivity contribution < 1.29 is 4.74 Å². The minimum absolute atomic E-state index is 0.288. The highest BCUT2D eigenvalue weighted by Crippen LogP contribution is 2.18. The molecule has 1 N–H and O–H groups in total. The Labute approximate surface area is 124 Å². The fourth-order valence-electron chi connectivity index (χ4n) is 2.49. The SMILES string of the molecule is CCCNCC(C)(C)CN(C)Cc1ccc(OC)cc1. The zero-order valence-corrected chi connectivity index (χ0v) is 13.7. The van der Waals surface area contributed by atoms with Gasteiger partial charge in [-0.05, 0) is 43.1 Å². The van der Waals surface area contributed by atoms with Gasteiger partial charge in [0.25, 0.3) is 0 Å². The van der Waals surface area contributed by atoms with Crippen LogP contribution in [0.1, 0.15) is 32.8 Å². The number of nitrogens with one attached hydrogen (secondary N) is 1. The van der Waals surface area contributed by atoms with Gasteiger partial charge in [-0.1, -0.05) is 32.9 Å². The summed E-state index contributed by atoms with van der Waals surface area (Å²) in [5, 5.41) is 3.52. The van der Waals surface area contributed by atoms with Gasteiger partial charge in [-0.2, -0.15) is 0 Å². The molecule has 0 aliphatic heterocycles. The monoisotopic (exact) mass is 278 g/mol. The highest BCUT2D eigenvalue weighted by Gasteiger charge is 2.19.